The molecule has 2 amide bonds. The third-order valence-electron chi connectivity index (χ3n) is 4.83. The molecule has 4 rings (SSSR count). The van der Waals surface area contributed by atoms with Gasteiger partial charge in [-0.15, -0.1) is 0 Å². The van der Waals surface area contributed by atoms with Gasteiger partial charge in [0.15, 0.2) is 5.17 Å². The zero-order valence-corrected chi connectivity index (χ0v) is 19.6. The second-order valence-corrected chi connectivity index (χ2v) is 9.37. The Morgan fingerprint density at radius 1 is 1.06 bits per heavy atom. The SMILES string of the molecule is O=C(Nc1cccc(Br)c1)C1CC(=O)N(Cc2ccc(F)cc2)C(=Nc2ccc(F)cc2)S1. The Bertz CT molecular complexity index is 1200. The van der Waals surface area contributed by atoms with E-state index in [4.69, 9.17) is 0 Å². The number of anilines is 1. The van der Waals surface area contributed by atoms with Crippen molar-refractivity contribution in [2.45, 2.75) is 18.2 Å². The van der Waals surface area contributed by atoms with Gasteiger partial charge < -0.3 is 5.32 Å². The first-order valence-electron chi connectivity index (χ1n) is 9.99. The van der Waals surface area contributed by atoms with Crippen LogP contribution >= 0.6 is 27.7 Å². The van der Waals surface area contributed by atoms with E-state index >= 15 is 0 Å². The lowest BCUT2D eigenvalue weighted by atomic mass is 10.2. The van der Waals surface area contributed by atoms with Crippen LogP contribution in [0.5, 0.6) is 0 Å². The molecule has 1 aliphatic heterocycles. The number of thioether (sulfide) groups is 1. The number of halogens is 3. The fourth-order valence-corrected chi connectivity index (χ4v) is 4.68. The first kappa shape index (κ1) is 23.1. The highest BCUT2D eigenvalue weighted by molar-refractivity contribution is 9.10. The molecule has 0 saturated carbocycles. The highest BCUT2D eigenvalue weighted by atomic mass is 79.9. The molecule has 0 aliphatic carbocycles. The molecule has 1 atom stereocenters. The molecule has 0 aromatic heterocycles. The minimum atomic E-state index is -0.694. The lowest BCUT2D eigenvalue weighted by Crippen LogP contribution is -2.44. The summed E-state index contributed by atoms with van der Waals surface area (Å²) >= 11 is 4.53. The molecule has 168 valence electrons. The molecule has 1 heterocycles. The number of carbonyl (C=O) groups is 2. The maximum Gasteiger partial charge on any atom is 0.238 e. The summed E-state index contributed by atoms with van der Waals surface area (Å²) in [4.78, 5) is 31.9. The average molecular weight is 530 g/mol. The van der Waals surface area contributed by atoms with Crippen molar-refractivity contribution in [3.8, 4) is 0 Å². The molecule has 5 nitrogen and oxygen atoms in total. The summed E-state index contributed by atoms with van der Waals surface area (Å²) in [7, 11) is 0. The standard InChI is InChI=1S/C24H18BrF2N3O2S/c25-16-2-1-3-20(12-16)28-23(32)21-13-22(31)30(14-15-4-6-17(26)7-5-15)24(33-21)29-19-10-8-18(27)9-11-19/h1-12,21H,13-14H2,(H,28,32). The molecule has 1 fully saturated rings. The van der Waals surface area contributed by atoms with Gasteiger partial charge in [-0.25, -0.2) is 13.8 Å². The minimum Gasteiger partial charge on any atom is -0.325 e. The predicted octanol–water partition coefficient (Wildman–Crippen LogP) is 5.89. The first-order valence-corrected chi connectivity index (χ1v) is 11.7. The quantitative estimate of drug-likeness (QED) is 0.448. The number of rotatable bonds is 5. The van der Waals surface area contributed by atoms with Crippen molar-refractivity contribution in [3.63, 3.8) is 0 Å². The molecule has 1 unspecified atom stereocenters. The number of amides is 2. The van der Waals surface area contributed by atoms with E-state index in [2.05, 4.69) is 26.2 Å². The van der Waals surface area contributed by atoms with E-state index in [1.165, 1.54) is 41.3 Å². The van der Waals surface area contributed by atoms with Crippen molar-refractivity contribution in [2.75, 3.05) is 5.32 Å². The van der Waals surface area contributed by atoms with Crippen LogP contribution < -0.4 is 5.32 Å². The van der Waals surface area contributed by atoms with Gasteiger partial charge in [0, 0.05) is 16.6 Å². The first-order chi connectivity index (χ1) is 15.9. The number of hydrogen-bond acceptors (Lipinski definition) is 4. The van der Waals surface area contributed by atoms with Crippen molar-refractivity contribution in [1.29, 1.82) is 0 Å². The molecule has 1 N–H and O–H groups in total. The number of aliphatic imine (C=N–C) groups is 1. The summed E-state index contributed by atoms with van der Waals surface area (Å²) in [6, 6.07) is 18.5. The van der Waals surface area contributed by atoms with Crippen molar-refractivity contribution in [3.05, 3.63) is 94.5 Å². The van der Waals surface area contributed by atoms with Crippen LogP contribution in [0.3, 0.4) is 0 Å². The molecular weight excluding hydrogens is 512 g/mol. The summed E-state index contributed by atoms with van der Waals surface area (Å²) in [6.07, 6.45) is -0.0197. The van der Waals surface area contributed by atoms with E-state index in [0.717, 1.165) is 16.2 Å². The van der Waals surface area contributed by atoms with Crippen LogP contribution in [0.25, 0.3) is 0 Å². The highest BCUT2D eigenvalue weighted by Crippen LogP contribution is 2.31. The van der Waals surface area contributed by atoms with Crippen LogP contribution in [0, 0.1) is 11.6 Å². The topological polar surface area (TPSA) is 61.8 Å². The third kappa shape index (κ3) is 6.06. The average Bonchev–Trinajstić information content (AvgIpc) is 2.78. The maximum absolute atomic E-state index is 13.3. The van der Waals surface area contributed by atoms with E-state index in [9.17, 15) is 18.4 Å². The number of carbonyl (C=O) groups excluding carboxylic acids is 2. The molecule has 1 saturated heterocycles. The van der Waals surface area contributed by atoms with Gasteiger partial charge in [-0.3, -0.25) is 14.5 Å². The summed E-state index contributed by atoms with van der Waals surface area (Å²) in [5.74, 6) is -1.38. The number of nitrogens with zero attached hydrogens (tertiary/aromatic N) is 2. The van der Waals surface area contributed by atoms with E-state index in [-0.39, 0.29) is 30.6 Å². The van der Waals surface area contributed by atoms with Crippen LogP contribution in [0.4, 0.5) is 20.2 Å². The van der Waals surface area contributed by atoms with E-state index in [1.54, 1.807) is 30.3 Å². The lowest BCUT2D eigenvalue weighted by Gasteiger charge is -2.32. The van der Waals surface area contributed by atoms with Crippen molar-refractivity contribution in [1.82, 2.24) is 4.90 Å². The zero-order chi connectivity index (χ0) is 23.4. The summed E-state index contributed by atoms with van der Waals surface area (Å²) in [5.41, 5.74) is 1.77. The Labute approximate surface area is 202 Å². The molecule has 0 radical (unpaired) electrons. The van der Waals surface area contributed by atoms with Gasteiger partial charge in [-0.2, -0.15) is 0 Å². The molecule has 3 aromatic rings. The monoisotopic (exact) mass is 529 g/mol. The van der Waals surface area contributed by atoms with Gasteiger partial charge in [0.05, 0.1) is 12.2 Å². The second kappa shape index (κ2) is 10.3. The van der Waals surface area contributed by atoms with E-state index in [0.29, 0.717) is 22.1 Å². The Morgan fingerprint density at radius 2 is 1.73 bits per heavy atom. The Morgan fingerprint density at radius 3 is 2.39 bits per heavy atom. The van der Waals surface area contributed by atoms with E-state index in [1.807, 2.05) is 6.07 Å². The summed E-state index contributed by atoms with van der Waals surface area (Å²) in [5, 5.41) is 2.45. The van der Waals surface area contributed by atoms with Gasteiger partial charge in [0.2, 0.25) is 11.8 Å². The summed E-state index contributed by atoms with van der Waals surface area (Å²) < 4.78 is 27.4. The third-order valence-corrected chi connectivity index (χ3v) is 6.51. The highest BCUT2D eigenvalue weighted by Gasteiger charge is 2.36. The largest absolute Gasteiger partial charge is 0.325 e. The van der Waals surface area contributed by atoms with Crippen molar-refractivity contribution >= 4 is 56.0 Å². The maximum atomic E-state index is 13.3. The fraction of sp³-hybridized carbons (Fsp3) is 0.125. The Hall–Kier alpha value is -3.04. The molecule has 33 heavy (non-hydrogen) atoms. The summed E-state index contributed by atoms with van der Waals surface area (Å²) in [6.45, 7) is 0.173. The molecule has 9 heteroatoms. The number of nitrogens with one attached hydrogen (secondary N) is 1. The predicted molar refractivity (Wildman–Crippen MR) is 129 cm³/mol. The normalized spacial score (nSPS) is 17.3. The molecular formula is C24H18BrF2N3O2S. The van der Waals surface area contributed by atoms with Crippen molar-refractivity contribution in [2.24, 2.45) is 4.99 Å². The fourth-order valence-electron chi connectivity index (χ4n) is 3.18. The number of hydrogen-bond donors (Lipinski definition) is 1. The number of amidine groups is 1. The molecule has 0 spiro atoms. The van der Waals surface area contributed by atoms with Crippen LogP contribution in [0.1, 0.15) is 12.0 Å². The minimum absolute atomic E-state index is 0.0197. The zero-order valence-electron chi connectivity index (χ0n) is 17.2. The lowest BCUT2D eigenvalue weighted by molar-refractivity contribution is -0.129. The number of benzene rings is 3. The van der Waals surface area contributed by atoms with Gasteiger partial charge in [-0.1, -0.05) is 45.9 Å². The van der Waals surface area contributed by atoms with Crippen LogP contribution in [0.2, 0.25) is 0 Å². The molecule has 3 aromatic carbocycles. The Balaban J connectivity index is 1.59. The molecule has 1 aliphatic rings. The van der Waals surface area contributed by atoms with Gasteiger partial charge in [-0.05, 0) is 60.2 Å². The van der Waals surface area contributed by atoms with Crippen LogP contribution in [0.15, 0.2) is 82.3 Å². The van der Waals surface area contributed by atoms with Gasteiger partial charge in [0.25, 0.3) is 0 Å². The van der Waals surface area contributed by atoms with Gasteiger partial charge >= 0.3 is 0 Å². The van der Waals surface area contributed by atoms with Crippen molar-refractivity contribution < 1.29 is 18.4 Å². The van der Waals surface area contributed by atoms with Crippen LogP contribution in [-0.4, -0.2) is 27.1 Å². The Kier molecular flexibility index (Phi) is 7.20. The second-order valence-electron chi connectivity index (χ2n) is 7.29. The smallest absolute Gasteiger partial charge is 0.238 e. The van der Waals surface area contributed by atoms with E-state index < -0.39 is 11.1 Å². The van der Waals surface area contributed by atoms with Crippen LogP contribution in [-0.2, 0) is 16.1 Å². The molecule has 0 bridgehead atoms. The van der Waals surface area contributed by atoms with Gasteiger partial charge in [0.1, 0.15) is 16.9 Å².